The molecule has 3 heterocycles. The molecular formula is C32H35F6N5O7. The molecule has 0 bridgehead atoms. The number of pyridine rings is 1. The second-order valence-electron chi connectivity index (χ2n) is 12.0. The van der Waals surface area contributed by atoms with Crippen molar-refractivity contribution >= 4 is 23.7 Å². The monoisotopic (exact) mass is 715 g/mol. The van der Waals surface area contributed by atoms with Gasteiger partial charge in [-0.3, -0.25) is 9.69 Å². The molecule has 0 spiro atoms. The van der Waals surface area contributed by atoms with Gasteiger partial charge in [-0.15, -0.1) is 0 Å². The SMILES string of the molecule is CC[C@@H]1CC(N(Cc2cc(C(F)(F)F)cc(C(F)(F)F)c2)c2ncc(OCCO)cn2)c2nc(OC)ccc2N1C(=O)OCC(C)(C)C(=O)O. The second-order valence-corrected chi connectivity index (χ2v) is 12.0. The number of nitrogens with zero attached hydrogens (tertiary/aromatic N) is 5. The Morgan fingerprint density at radius 2 is 1.64 bits per heavy atom. The Morgan fingerprint density at radius 3 is 2.16 bits per heavy atom. The number of aliphatic hydroxyl groups excluding tert-OH is 1. The highest BCUT2D eigenvalue weighted by Crippen LogP contribution is 2.44. The van der Waals surface area contributed by atoms with E-state index in [9.17, 15) is 41.0 Å². The van der Waals surface area contributed by atoms with E-state index in [0.717, 1.165) is 0 Å². The van der Waals surface area contributed by atoms with Crippen LogP contribution in [0.25, 0.3) is 0 Å². The average molecular weight is 716 g/mol. The number of carboxylic acids is 1. The maximum absolute atomic E-state index is 13.8. The van der Waals surface area contributed by atoms with Crippen LogP contribution in [0.15, 0.2) is 42.7 Å². The molecule has 2 atom stereocenters. The van der Waals surface area contributed by atoms with Crippen LogP contribution in [-0.4, -0.2) is 70.2 Å². The number of hydrogen-bond donors (Lipinski definition) is 2. The minimum atomic E-state index is -5.10. The molecule has 50 heavy (non-hydrogen) atoms. The quantitative estimate of drug-likeness (QED) is 0.205. The number of carboxylic acid groups (broad SMARTS) is 1. The Hall–Kier alpha value is -4.87. The minimum Gasteiger partial charge on any atom is -0.488 e. The van der Waals surface area contributed by atoms with E-state index >= 15 is 0 Å². The largest absolute Gasteiger partial charge is 0.488 e. The lowest BCUT2D eigenvalue weighted by atomic mass is 9.91. The van der Waals surface area contributed by atoms with Crippen molar-refractivity contribution in [2.24, 2.45) is 5.41 Å². The molecule has 0 saturated carbocycles. The molecule has 1 amide bonds. The van der Waals surface area contributed by atoms with Crippen LogP contribution in [0.5, 0.6) is 11.6 Å². The Balaban J connectivity index is 1.88. The summed E-state index contributed by atoms with van der Waals surface area (Å²) in [6.45, 7) is 3.05. The topological polar surface area (TPSA) is 147 Å². The van der Waals surface area contributed by atoms with Gasteiger partial charge < -0.3 is 29.3 Å². The lowest BCUT2D eigenvalue weighted by Crippen LogP contribution is -2.49. The fourth-order valence-electron chi connectivity index (χ4n) is 5.25. The maximum atomic E-state index is 13.8. The number of ether oxygens (including phenoxy) is 3. The van der Waals surface area contributed by atoms with Crippen molar-refractivity contribution in [1.29, 1.82) is 0 Å². The standard InChI is InChI=1S/C32H35F6N5O7/c1-5-21-13-24(26-23(6-7-25(41-26)48-4)43(21)29(47)50-17-30(2,3)27(45)46)42(28-39-14-22(15-40-28)49-9-8-44)16-18-10-19(31(33,34)35)12-20(11-18)32(36,37)38/h6-7,10-12,14-15,21,24,44H,5,8-9,13,16-17H2,1-4H3,(H,45,46)/t21-,24?/m1/s1. The number of amides is 1. The first-order valence-electron chi connectivity index (χ1n) is 15.2. The van der Waals surface area contributed by atoms with Gasteiger partial charge in [0.15, 0.2) is 5.75 Å². The van der Waals surface area contributed by atoms with E-state index in [1.807, 2.05) is 0 Å². The molecular weight excluding hydrogens is 680 g/mol. The van der Waals surface area contributed by atoms with Gasteiger partial charge in [0.2, 0.25) is 11.8 Å². The number of carbonyl (C=O) groups excluding carboxylic acids is 1. The molecule has 1 aliphatic rings. The first kappa shape index (κ1) is 37.9. The Bertz CT molecular complexity index is 1640. The van der Waals surface area contributed by atoms with E-state index < -0.39 is 66.2 Å². The molecule has 18 heteroatoms. The highest BCUT2D eigenvalue weighted by atomic mass is 19.4. The first-order valence-corrected chi connectivity index (χ1v) is 15.2. The minimum absolute atomic E-state index is 0.0122. The van der Waals surface area contributed by atoms with Crippen molar-refractivity contribution in [2.45, 2.75) is 64.6 Å². The number of benzene rings is 1. The number of halogens is 6. The summed E-state index contributed by atoms with van der Waals surface area (Å²) in [7, 11) is 1.33. The second kappa shape index (κ2) is 14.9. The summed E-state index contributed by atoms with van der Waals surface area (Å²) in [4.78, 5) is 40.9. The van der Waals surface area contributed by atoms with Crippen LogP contribution in [0.3, 0.4) is 0 Å². The molecule has 0 radical (unpaired) electrons. The van der Waals surface area contributed by atoms with E-state index in [-0.39, 0.29) is 60.2 Å². The van der Waals surface area contributed by atoms with Gasteiger partial charge >= 0.3 is 24.4 Å². The van der Waals surface area contributed by atoms with Crippen LogP contribution >= 0.6 is 0 Å². The van der Waals surface area contributed by atoms with E-state index in [2.05, 4.69) is 15.0 Å². The van der Waals surface area contributed by atoms with Crippen molar-refractivity contribution in [1.82, 2.24) is 15.0 Å². The zero-order valence-electron chi connectivity index (χ0n) is 27.4. The number of carbonyl (C=O) groups is 2. The molecule has 2 aromatic heterocycles. The Labute approximate surface area is 282 Å². The van der Waals surface area contributed by atoms with Gasteiger partial charge in [0.05, 0.1) is 60.1 Å². The molecule has 0 saturated heterocycles. The number of alkyl halides is 6. The summed E-state index contributed by atoms with van der Waals surface area (Å²) in [5, 5.41) is 18.6. The highest BCUT2D eigenvalue weighted by molar-refractivity contribution is 5.90. The zero-order chi connectivity index (χ0) is 37.0. The number of aliphatic carboxylic acids is 1. The number of anilines is 2. The molecule has 12 nitrogen and oxygen atoms in total. The van der Waals surface area contributed by atoms with Crippen LogP contribution in [0, 0.1) is 5.41 Å². The van der Waals surface area contributed by atoms with Crippen molar-refractivity contribution in [3.63, 3.8) is 0 Å². The van der Waals surface area contributed by atoms with Gasteiger partial charge in [0, 0.05) is 18.7 Å². The average Bonchev–Trinajstić information content (AvgIpc) is 3.07. The Morgan fingerprint density at radius 1 is 1.02 bits per heavy atom. The summed E-state index contributed by atoms with van der Waals surface area (Å²) in [5.41, 5.74) is -4.49. The first-order chi connectivity index (χ1) is 23.4. The van der Waals surface area contributed by atoms with Gasteiger partial charge in [-0.25, -0.2) is 19.7 Å². The molecule has 3 aromatic rings. The molecule has 0 fully saturated rings. The van der Waals surface area contributed by atoms with Crippen molar-refractivity contribution in [3.05, 3.63) is 65.1 Å². The molecule has 272 valence electrons. The summed E-state index contributed by atoms with van der Waals surface area (Å²) in [6, 6.07) is 2.55. The molecule has 0 aliphatic carbocycles. The van der Waals surface area contributed by atoms with E-state index in [1.165, 1.54) is 55.3 Å². The van der Waals surface area contributed by atoms with Gasteiger partial charge in [0.1, 0.15) is 13.2 Å². The number of aromatic nitrogens is 3. The van der Waals surface area contributed by atoms with Gasteiger partial charge in [-0.05, 0) is 56.5 Å². The summed E-state index contributed by atoms with van der Waals surface area (Å²) in [6.07, 6.45) is -8.32. The normalized spacial score (nSPS) is 16.4. The predicted molar refractivity (Wildman–Crippen MR) is 165 cm³/mol. The molecule has 2 N–H and O–H groups in total. The van der Waals surface area contributed by atoms with Crippen molar-refractivity contribution in [2.75, 3.05) is 36.7 Å². The van der Waals surface area contributed by atoms with Gasteiger partial charge in [0.25, 0.3) is 0 Å². The van der Waals surface area contributed by atoms with Crippen molar-refractivity contribution < 1.29 is 60.4 Å². The van der Waals surface area contributed by atoms with Crippen LogP contribution in [0.2, 0.25) is 0 Å². The van der Waals surface area contributed by atoms with Gasteiger partial charge in [-0.1, -0.05) is 6.92 Å². The fourth-order valence-corrected chi connectivity index (χ4v) is 5.25. The van der Waals surface area contributed by atoms with E-state index in [4.69, 9.17) is 19.3 Å². The summed E-state index contributed by atoms with van der Waals surface area (Å²) in [5.74, 6) is -1.11. The third-order valence-electron chi connectivity index (χ3n) is 7.93. The molecule has 1 aromatic carbocycles. The van der Waals surface area contributed by atoms with Crippen LogP contribution < -0.4 is 19.3 Å². The highest BCUT2D eigenvalue weighted by Gasteiger charge is 2.43. The smallest absolute Gasteiger partial charge is 0.416 e. The van der Waals surface area contributed by atoms with Gasteiger partial charge in [-0.2, -0.15) is 26.3 Å². The van der Waals surface area contributed by atoms with E-state index in [0.29, 0.717) is 18.6 Å². The van der Waals surface area contributed by atoms with Crippen LogP contribution in [0.1, 0.15) is 62.0 Å². The van der Waals surface area contributed by atoms with Crippen LogP contribution in [-0.2, 0) is 28.4 Å². The number of methoxy groups -OCH3 is 1. The zero-order valence-corrected chi connectivity index (χ0v) is 27.4. The lowest BCUT2D eigenvalue weighted by Gasteiger charge is -2.43. The maximum Gasteiger partial charge on any atom is 0.416 e. The van der Waals surface area contributed by atoms with E-state index in [1.54, 1.807) is 6.92 Å². The molecule has 1 aliphatic heterocycles. The molecule has 4 rings (SSSR count). The van der Waals surface area contributed by atoms with Crippen LogP contribution in [0.4, 0.5) is 42.8 Å². The predicted octanol–water partition coefficient (Wildman–Crippen LogP) is 6.27. The fraction of sp³-hybridized carbons (Fsp3) is 0.469. The summed E-state index contributed by atoms with van der Waals surface area (Å²) < 4.78 is 99.0. The Kier molecular flexibility index (Phi) is 11.3. The summed E-state index contributed by atoms with van der Waals surface area (Å²) >= 11 is 0. The third kappa shape index (κ3) is 8.64. The lowest BCUT2D eigenvalue weighted by molar-refractivity contribution is -0.149. The molecule has 1 unspecified atom stereocenters. The number of hydrogen-bond acceptors (Lipinski definition) is 10. The third-order valence-corrected chi connectivity index (χ3v) is 7.93. The number of aliphatic hydroxyl groups is 1. The number of fused-ring (bicyclic) bond motifs is 1. The van der Waals surface area contributed by atoms with Crippen molar-refractivity contribution in [3.8, 4) is 11.6 Å². The number of rotatable bonds is 12.